The zero-order chi connectivity index (χ0) is 22.0. The first kappa shape index (κ1) is 21.7. The summed E-state index contributed by atoms with van der Waals surface area (Å²) < 4.78 is 36.4. The molecular formula is C21H21ClFNO6. The fourth-order valence-corrected chi connectivity index (χ4v) is 3.86. The fourth-order valence-electron chi connectivity index (χ4n) is 3.68. The van der Waals surface area contributed by atoms with Crippen molar-refractivity contribution in [3.63, 3.8) is 0 Å². The largest absolute Gasteiger partial charge is 0.493 e. The van der Waals surface area contributed by atoms with E-state index in [1.807, 2.05) is 0 Å². The minimum Gasteiger partial charge on any atom is -0.493 e. The number of halogens is 2. The van der Waals surface area contributed by atoms with E-state index in [1.54, 1.807) is 6.92 Å². The van der Waals surface area contributed by atoms with Crippen LogP contribution in [0.1, 0.15) is 24.0 Å². The first-order valence-electron chi connectivity index (χ1n) is 9.13. The van der Waals surface area contributed by atoms with Gasteiger partial charge in [0.15, 0.2) is 11.5 Å². The van der Waals surface area contributed by atoms with Gasteiger partial charge in [-0.1, -0.05) is 11.6 Å². The van der Waals surface area contributed by atoms with Crippen molar-refractivity contribution in [2.75, 3.05) is 33.3 Å². The van der Waals surface area contributed by atoms with Crippen LogP contribution in [0, 0.1) is 11.7 Å². The number of carbonyl (C=O) groups excluding carboxylic acids is 2. The summed E-state index contributed by atoms with van der Waals surface area (Å²) >= 11 is 6.11. The molecule has 0 saturated heterocycles. The third kappa shape index (κ3) is 3.63. The van der Waals surface area contributed by atoms with Gasteiger partial charge in [0.2, 0.25) is 11.7 Å². The Morgan fingerprint density at radius 1 is 1.13 bits per heavy atom. The van der Waals surface area contributed by atoms with Gasteiger partial charge in [-0.05, 0) is 30.7 Å². The summed E-state index contributed by atoms with van der Waals surface area (Å²) in [7, 11) is 4.26. The SMILES string of the molecule is CCOC(=O)C1C(=O)Nc2cc(OC)c(OC)c(OC)c2C1c1cc(Cl)ccc1F. The van der Waals surface area contributed by atoms with Crippen LogP contribution in [0.4, 0.5) is 10.1 Å². The average molecular weight is 438 g/mol. The van der Waals surface area contributed by atoms with E-state index >= 15 is 0 Å². The molecule has 0 saturated carbocycles. The Bertz CT molecular complexity index is 996. The third-order valence-corrected chi connectivity index (χ3v) is 5.12. The fraction of sp³-hybridized carbons (Fsp3) is 0.333. The second kappa shape index (κ2) is 8.79. The highest BCUT2D eigenvalue weighted by Gasteiger charge is 2.46. The summed E-state index contributed by atoms with van der Waals surface area (Å²) in [6, 6.07) is 5.48. The molecule has 0 spiro atoms. The second-order valence-electron chi connectivity index (χ2n) is 6.47. The average Bonchev–Trinajstić information content (AvgIpc) is 2.73. The van der Waals surface area contributed by atoms with Crippen LogP contribution in [0.2, 0.25) is 5.02 Å². The summed E-state index contributed by atoms with van der Waals surface area (Å²) in [5, 5.41) is 2.92. The van der Waals surface area contributed by atoms with Crippen LogP contribution in [0.25, 0.3) is 0 Å². The van der Waals surface area contributed by atoms with Crippen molar-refractivity contribution in [1.82, 2.24) is 0 Å². The van der Waals surface area contributed by atoms with Crippen LogP contribution in [0.15, 0.2) is 24.3 Å². The topological polar surface area (TPSA) is 83.1 Å². The van der Waals surface area contributed by atoms with Crippen molar-refractivity contribution >= 4 is 29.2 Å². The van der Waals surface area contributed by atoms with Gasteiger partial charge in [-0.3, -0.25) is 9.59 Å². The normalized spacial score (nSPS) is 17.6. The lowest BCUT2D eigenvalue weighted by atomic mass is 9.76. The van der Waals surface area contributed by atoms with E-state index < -0.39 is 29.5 Å². The molecule has 0 aliphatic carbocycles. The number of amides is 1. The smallest absolute Gasteiger partial charge is 0.319 e. The quantitative estimate of drug-likeness (QED) is 0.547. The van der Waals surface area contributed by atoms with Crippen LogP contribution < -0.4 is 19.5 Å². The van der Waals surface area contributed by atoms with E-state index in [0.29, 0.717) is 17.0 Å². The highest BCUT2D eigenvalue weighted by atomic mass is 35.5. The van der Waals surface area contributed by atoms with Gasteiger partial charge >= 0.3 is 5.97 Å². The predicted octanol–water partition coefficient (Wildman–Crippen LogP) is 3.77. The molecule has 30 heavy (non-hydrogen) atoms. The number of nitrogens with one attached hydrogen (secondary N) is 1. The Morgan fingerprint density at radius 2 is 1.83 bits per heavy atom. The first-order valence-corrected chi connectivity index (χ1v) is 9.50. The maximum absolute atomic E-state index is 14.9. The molecule has 1 amide bonds. The third-order valence-electron chi connectivity index (χ3n) is 4.89. The molecular weight excluding hydrogens is 417 g/mol. The zero-order valence-electron chi connectivity index (χ0n) is 16.9. The van der Waals surface area contributed by atoms with Gasteiger partial charge < -0.3 is 24.3 Å². The summed E-state index contributed by atoms with van der Waals surface area (Å²) in [4.78, 5) is 25.7. The molecule has 2 aromatic carbocycles. The number of fused-ring (bicyclic) bond motifs is 1. The Morgan fingerprint density at radius 3 is 2.43 bits per heavy atom. The van der Waals surface area contributed by atoms with Crippen molar-refractivity contribution in [1.29, 1.82) is 0 Å². The molecule has 0 aromatic heterocycles. The van der Waals surface area contributed by atoms with Gasteiger partial charge in [-0.25, -0.2) is 4.39 Å². The van der Waals surface area contributed by atoms with E-state index in [0.717, 1.165) is 0 Å². The van der Waals surface area contributed by atoms with Crippen molar-refractivity contribution < 1.29 is 32.9 Å². The number of esters is 1. The number of rotatable bonds is 6. The number of hydrogen-bond acceptors (Lipinski definition) is 6. The molecule has 0 fully saturated rings. The molecule has 1 heterocycles. The highest BCUT2D eigenvalue weighted by Crippen LogP contribution is 2.53. The second-order valence-corrected chi connectivity index (χ2v) is 6.91. The van der Waals surface area contributed by atoms with Gasteiger partial charge in [0.05, 0.1) is 33.6 Å². The maximum Gasteiger partial charge on any atom is 0.319 e. The first-order chi connectivity index (χ1) is 14.4. The van der Waals surface area contributed by atoms with Crippen LogP contribution >= 0.6 is 11.6 Å². The monoisotopic (exact) mass is 437 g/mol. The Hall–Kier alpha value is -3.00. The Balaban J connectivity index is 2.38. The lowest BCUT2D eigenvalue weighted by molar-refractivity contribution is -0.151. The van der Waals surface area contributed by atoms with Crippen LogP contribution in [-0.2, 0) is 14.3 Å². The van der Waals surface area contributed by atoms with Crippen molar-refractivity contribution in [3.8, 4) is 17.2 Å². The summed E-state index contributed by atoms with van der Waals surface area (Å²) in [6.07, 6.45) is 0. The Labute approximate surface area is 178 Å². The standard InChI is InChI=1S/C21H21ClFNO6/c1-5-30-21(26)17-15(11-8-10(22)6-7-12(11)23)16-13(24-20(17)25)9-14(27-2)18(28-3)19(16)29-4/h6-9,15,17H,5H2,1-4H3,(H,24,25). The highest BCUT2D eigenvalue weighted by molar-refractivity contribution is 6.30. The van der Waals surface area contributed by atoms with Crippen molar-refractivity contribution in [3.05, 3.63) is 46.2 Å². The van der Waals surface area contributed by atoms with Crippen molar-refractivity contribution in [2.24, 2.45) is 5.92 Å². The number of ether oxygens (including phenoxy) is 4. The lowest BCUT2D eigenvalue weighted by Crippen LogP contribution is -2.40. The number of hydrogen-bond donors (Lipinski definition) is 1. The van der Waals surface area contributed by atoms with E-state index in [2.05, 4.69) is 5.32 Å². The number of carbonyl (C=O) groups is 2. The molecule has 0 radical (unpaired) electrons. The maximum atomic E-state index is 14.9. The molecule has 160 valence electrons. The number of anilines is 1. The Kier molecular flexibility index (Phi) is 6.36. The van der Waals surface area contributed by atoms with Crippen LogP contribution in [0.5, 0.6) is 17.2 Å². The number of benzene rings is 2. The van der Waals surface area contributed by atoms with E-state index in [9.17, 15) is 14.0 Å². The summed E-state index contributed by atoms with van der Waals surface area (Å²) in [5.41, 5.74) is 0.718. The van der Waals surface area contributed by atoms with Gasteiger partial charge in [0, 0.05) is 22.6 Å². The summed E-state index contributed by atoms with van der Waals surface area (Å²) in [6.45, 7) is 1.68. The van der Waals surface area contributed by atoms with Crippen LogP contribution in [0.3, 0.4) is 0 Å². The molecule has 1 aliphatic heterocycles. The van der Waals surface area contributed by atoms with Crippen LogP contribution in [-0.4, -0.2) is 39.8 Å². The van der Waals surface area contributed by atoms with Crippen molar-refractivity contribution in [2.45, 2.75) is 12.8 Å². The van der Waals surface area contributed by atoms with Gasteiger partial charge in [-0.15, -0.1) is 0 Å². The molecule has 2 aromatic rings. The molecule has 1 N–H and O–H groups in total. The number of methoxy groups -OCH3 is 3. The molecule has 0 bridgehead atoms. The van der Waals surface area contributed by atoms with E-state index in [4.69, 9.17) is 30.5 Å². The minimum atomic E-state index is -1.36. The molecule has 2 atom stereocenters. The lowest BCUT2D eigenvalue weighted by Gasteiger charge is -2.34. The molecule has 7 nitrogen and oxygen atoms in total. The minimum absolute atomic E-state index is 0.0576. The van der Waals surface area contributed by atoms with Gasteiger partial charge in [-0.2, -0.15) is 0 Å². The van der Waals surface area contributed by atoms with Gasteiger partial charge in [0.1, 0.15) is 11.7 Å². The van der Waals surface area contributed by atoms with E-state index in [-0.39, 0.29) is 28.7 Å². The molecule has 9 heteroatoms. The molecule has 2 unspecified atom stereocenters. The molecule has 1 aliphatic rings. The molecule has 3 rings (SSSR count). The summed E-state index contributed by atoms with van der Waals surface area (Å²) in [5.74, 6) is -3.75. The zero-order valence-corrected chi connectivity index (χ0v) is 17.6. The predicted molar refractivity (Wildman–Crippen MR) is 108 cm³/mol. The van der Waals surface area contributed by atoms with Gasteiger partial charge in [0.25, 0.3) is 0 Å². The van der Waals surface area contributed by atoms with E-state index in [1.165, 1.54) is 45.6 Å².